The van der Waals surface area contributed by atoms with Crippen LogP contribution < -0.4 is 5.32 Å². The predicted octanol–water partition coefficient (Wildman–Crippen LogP) is 2.45. The summed E-state index contributed by atoms with van der Waals surface area (Å²) in [5, 5.41) is 3.32. The fourth-order valence-corrected chi connectivity index (χ4v) is 2.69. The first kappa shape index (κ1) is 15.9. The standard InChI is InChI=1S/C16H22FNO3/c1-2-20-15(19)11-21-16(13-6-4-8-18-10-13)12-5-3-7-14(17)9-12/h3,5,7,9,13,16,18H,2,4,6,8,10-11H2,1H3/t13-,16+/m1/s1. The average Bonchev–Trinajstić information content (AvgIpc) is 2.49. The lowest BCUT2D eigenvalue weighted by Crippen LogP contribution is -2.35. The summed E-state index contributed by atoms with van der Waals surface area (Å²) in [5.41, 5.74) is 0.771. The third kappa shape index (κ3) is 4.79. The van der Waals surface area contributed by atoms with Gasteiger partial charge in [-0.25, -0.2) is 9.18 Å². The Kier molecular flexibility index (Phi) is 6.14. The highest BCUT2D eigenvalue weighted by Crippen LogP contribution is 2.31. The Labute approximate surface area is 124 Å². The van der Waals surface area contributed by atoms with Crippen molar-refractivity contribution in [3.05, 3.63) is 35.6 Å². The number of nitrogens with one attached hydrogen (secondary N) is 1. The Morgan fingerprint density at radius 1 is 1.52 bits per heavy atom. The maximum Gasteiger partial charge on any atom is 0.332 e. The van der Waals surface area contributed by atoms with Gasteiger partial charge in [0.1, 0.15) is 12.4 Å². The molecule has 1 aromatic carbocycles. The number of piperidine rings is 1. The van der Waals surface area contributed by atoms with Crippen LogP contribution in [0.15, 0.2) is 24.3 Å². The first-order chi connectivity index (χ1) is 10.2. The van der Waals surface area contributed by atoms with Crippen molar-refractivity contribution in [1.82, 2.24) is 5.32 Å². The van der Waals surface area contributed by atoms with Crippen molar-refractivity contribution in [3.8, 4) is 0 Å². The highest BCUT2D eigenvalue weighted by molar-refractivity contribution is 5.70. The zero-order valence-corrected chi connectivity index (χ0v) is 12.3. The van der Waals surface area contributed by atoms with Crippen LogP contribution in [-0.4, -0.2) is 32.3 Å². The van der Waals surface area contributed by atoms with Gasteiger partial charge in [-0.1, -0.05) is 12.1 Å². The molecule has 1 fully saturated rings. The Hall–Kier alpha value is -1.46. The van der Waals surface area contributed by atoms with Crippen molar-refractivity contribution in [1.29, 1.82) is 0 Å². The van der Waals surface area contributed by atoms with E-state index in [9.17, 15) is 9.18 Å². The minimum Gasteiger partial charge on any atom is -0.464 e. The summed E-state index contributed by atoms with van der Waals surface area (Å²) in [4.78, 5) is 11.5. The largest absolute Gasteiger partial charge is 0.464 e. The van der Waals surface area contributed by atoms with Gasteiger partial charge in [-0.05, 0) is 44.0 Å². The zero-order valence-electron chi connectivity index (χ0n) is 12.3. The first-order valence-electron chi connectivity index (χ1n) is 7.44. The second kappa shape index (κ2) is 8.10. The fraction of sp³-hybridized carbons (Fsp3) is 0.562. The Morgan fingerprint density at radius 3 is 3.05 bits per heavy atom. The van der Waals surface area contributed by atoms with E-state index in [0.717, 1.165) is 31.5 Å². The lowest BCUT2D eigenvalue weighted by atomic mass is 9.89. The van der Waals surface area contributed by atoms with E-state index in [1.54, 1.807) is 13.0 Å². The SMILES string of the molecule is CCOC(=O)CO[C@@H](c1cccc(F)c1)[C@@H]1CCCNC1. The number of rotatable bonds is 6. The van der Waals surface area contributed by atoms with Gasteiger partial charge in [0.15, 0.2) is 0 Å². The molecule has 2 atom stereocenters. The molecule has 1 aliphatic heterocycles. The van der Waals surface area contributed by atoms with Gasteiger partial charge in [-0.15, -0.1) is 0 Å². The number of esters is 1. The Bertz CT molecular complexity index is 461. The second-order valence-electron chi connectivity index (χ2n) is 5.20. The summed E-state index contributed by atoms with van der Waals surface area (Å²) in [5.74, 6) is -0.446. The van der Waals surface area contributed by atoms with Crippen molar-refractivity contribution >= 4 is 5.97 Å². The van der Waals surface area contributed by atoms with Crippen molar-refractivity contribution in [3.63, 3.8) is 0 Å². The molecule has 0 aliphatic carbocycles. The van der Waals surface area contributed by atoms with Crippen molar-refractivity contribution in [2.24, 2.45) is 5.92 Å². The van der Waals surface area contributed by atoms with E-state index in [-0.39, 0.29) is 30.4 Å². The highest BCUT2D eigenvalue weighted by Gasteiger charge is 2.27. The molecule has 0 radical (unpaired) electrons. The molecule has 0 unspecified atom stereocenters. The van der Waals surface area contributed by atoms with Gasteiger partial charge < -0.3 is 14.8 Å². The van der Waals surface area contributed by atoms with Crippen LogP contribution in [0.3, 0.4) is 0 Å². The minimum absolute atomic E-state index is 0.106. The molecule has 0 amide bonds. The number of halogens is 1. The third-order valence-corrected chi connectivity index (χ3v) is 3.63. The van der Waals surface area contributed by atoms with Crippen LogP contribution in [0.5, 0.6) is 0 Å². The molecule has 4 nitrogen and oxygen atoms in total. The average molecular weight is 295 g/mol. The van der Waals surface area contributed by atoms with E-state index in [1.807, 2.05) is 6.07 Å². The van der Waals surface area contributed by atoms with Crippen LogP contribution in [0.25, 0.3) is 0 Å². The molecule has 0 spiro atoms. The number of benzene rings is 1. The monoisotopic (exact) mass is 295 g/mol. The Balaban J connectivity index is 2.07. The van der Waals surface area contributed by atoms with Crippen molar-refractivity contribution in [2.45, 2.75) is 25.9 Å². The van der Waals surface area contributed by atoms with E-state index >= 15 is 0 Å². The van der Waals surface area contributed by atoms with Gasteiger partial charge in [0.05, 0.1) is 12.7 Å². The molecule has 1 N–H and O–H groups in total. The predicted molar refractivity (Wildman–Crippen MR) is 77.3 cm³/mol. The van der Waals surface area contributed by atoms with Crippen LogP contribution >= 0.6 is 0 Å². The van der Waals surface area contributed by atoms with Gasteiger partial charge in [0, 0.05) is 12.5 Å². The molecule has 21 heavy (non-hydrogen) atoms. The van der Waals surface area contributed by atoms with E-state index in [4.69, 9.17) is 9.47 Å². The summed E-state index contributed by atoms with van der Waals surface area (Å²) in [6.45, 7) is 3.78. The smallest absolute Gasteiger partial charge is 0.332 e. The fourth-order valence-electron chi connectivity index (χ4n) is 2.69. The third-order valence-electron chi connectivity index (χ3n) is 3.63. The first-order valence-corrected chi connectivity index (χ1v) is 7.44. The summed E-state index contributed by atoms with van der Waals surface area (Å²) < 4.78 is 24.1. The van der Waals surface area contributed by atoms with E-state index in [2.05, 4.69) is 5.32 Å². The quantitative estimate of drug-likeness (QED) is 0.819. The Morgan fingerprint density at radius 2 is 2.38 bits per heavy atom. The minimum atomic E-state index is -0.386. The molecular weight excluding hydrogens is 273 g/mol. The molecule has 1 aromatic rings. The van der Waals surface area contributed by atoms with E-state index < -0.39 is 0 Å². The number of carbonyl (C=O) groups is 1. The number of hydrogen-bond acceptors (Lipinski definition) is 4. The van der Waals surface area contributed by atoms with Crippen LogP contribution in [0, 0.1) is 11.7 Å². The molecule has 0 saturated carbocycles. The topological polar surface area (TPSA) is 47.6 Å². The second-order valence-corrected chi connectivity index (χ2v) is 5.20. The molecular formula is C16H22FNO3. The number of hydrogen-bond donors (Lipinski definition) is 1. The van der Waals surface area contributed by atoms with Gasteiger partial charge in [0.2, 0.25) is 0 Å². The van der Waals surface area contributed by atoms with Gasteiger partial charge in [0.25, 0.3) is 0 Å². The number of carbonyl (C=O) groups excluding carboxylic acids is 1. The molecule has 0 aromatic heterocycles. The van der Waals surface area contributed by atoms with Gasteiger partial charge in [-0.3, -0.25) is 0 Å². The molecule has 116 valence electrons. The zero-order chi connectivity index (χ0) is 15.1. The summed E-state index contributed by atoms with van der Waals surface area (Å²) >= 11 is 0. The molecule has 0 bridgehead atoms. The molecule has 5 heteroatoms. The van der Waals surface area contributed by atoms with Crippen molar-refractivity contribution < 1.29 is 18.7 Å². The number of ether oxygens (including phenoxy) is 2. The van der Waals surface area contributed by atoms with Crippen molar-refractivity contribution in [2.75, 3.05) is 26.3 Å². The van der Waals surface area contributed by atoms with E-state index in [0.29, 0.717) is 6.61 Å². The summed E-state index contributed by atoms with van der Waals surface area (Å²) in [6.07, 6.45) is 1.76. The van der Waals surface area contributed by atoms with E-state index in [1.165, 1.54) is 12.1 Å². The normalized spacial score (nSPS) is 20.0. The molecule has 1 aliphatic rings. The molecule has 2 rings (SSSR count). The van der Waals surface area contributed by atoms with Crippen LogP contribution in [0.2, 0.25) is 0 Å². The highest BCUT2D eigenvalue weighted by atomic mass is 19.1. The van der Waals surface area contributed by atoms with Gasteiger partial charge in [-0.2, -0.15) is 0 Å². The summed E-state index contributed by atoms with van der Waals surface area (Å²) in [6, 6.07) is 6.39. The lowest BCUT2D eigenvalue weighted by molar-refractivity contribution is -0.152. The molecule has 1 saturated heterocycles. The van der Waals surface area contributed by atoms with Crippen LogP contribution in [-0.2, 0) is 14.3 Å². The van der Waals surface area contributed by atoms with Gasteiger partial charge >= 0.3 is 5.97 Å². The molecule has 1 heterocycles. The lowest BCUT2D eigenvalue weighted by Gasteiger charge is -2.31. The summed E-state index contributed by atoms with van der Waals surface area (Å²) in [7, 11) is 0. The maximum atomic E-state index is 13.5. The van der Waals surface area contributed by atoms with Crippen LogP contribution in [0.4, 0.5) is 4.39 Å². The maximum absolute atomic E-state index is 13.5. The van der Waals surface area contributed by atoms with Crippen LogP contribution in [0.1, 0.15) is 31.4 Å².